The van der Waals surface area contributed by atoms with Gasteiger partial charge in [-0.1, -0.05) is 35.9 Å². The second-order valence-electron chi connectivity index (χ2n) is 8.33. The molecule has 2 unspecified atom stereocenters. The molecule has 0 radical (unpaired) electrons. The van der Waals surface area contributed by atoms with E-state index in [4.69, 9.17) is 16.7 Å². The van der Waals surface area contributed by atoms with Crippen LogP contribution in [0.4, 0.5) is 20.6 Å². The molecule has 2 atom stereocenters. The van der Waals surface area contributed by atoms with Crippen molar-refractivity contribution in [2.24, 2.45) is 11.1 Å². The average molecular weight is 533 g/mol. The lowest BCUT2D eigenvalue weighted by Gasteiger charge is -2.20. The van der Waals surface area contributed by atoms with E-state index in [1.165, 1.54) is 30.3 Å². The van der Waals surface area contributed by atoms with Gasteiger partial charge in [-0.2, -0.15) is 0 Å². The number of amides is 3. The van der Waals surface area contributed by atoms with E-state index >= 15 is 0 Å². The first-order valence-electron chi connectivity index (χ1n) is 10.7. The molecule has 9 nitrogen and oxygen atoms in total. The Bertz CT molecular complexity index is 1430. The van der Waals surface area contributed by atoms with E-state index in [1.807, 2.05) is 0 Å². The molecule has 3 amide bonds. The van der Waals surface area contributed by atoms with Gasteiger partial charge in [-0.25, -0.2) is 22.7 Å². The van der Waals surface area contributed by atoms with E-state index in [0.29, 0.717) is 10.7 Å². The van der Waals surface area contributed by atoms with Gasteiger partial charge in [-0.05, 0) is 54.4 Å². The molecule has 3 aromatic carbocycles. The summed E-state index contributed by atoms with van der Waals surface area (Å²) in [7, 11) is -4.05. The van der Waals surface area contributed by atoms with Crippen LogP contribution in [0.2, 0.25) is 5.02 Å². The van der Waals surface area contributed by atoms with E-state index < -0.39 is 39.2 Å². The average Bonchev–Trinajstić information content (AvgIpc) is 3.55. The Morgan fingerprint density at radius 1 is 1.08 bits per heavy atom. The SMILES string of the molecule is NS(=O)(=O)c1ccccc1-c1ccc(NC(=O)C2(NC(=O)Nc3ccc(Cl)cc3)CC2CO)c(F)c1. The fourth-order valence-corrected chi connectivity index (χ4v) is 4.79. The van der Waals surface area contributed by atoms with Crippen LogP contribution >= 0.6 is 11.6 Å². The Kier molecular flexibility index (Phi) is 7.01. The van der Waals surface area contributed by atoms with Crippen molar-refractivity contribution in [3.05, 3.63) is 77.6 Å². The number of carbonyl (C=O) groups is 2. The first-order chi connectivity index (χ1) is 17.0. The number of aliphatic hydroxyl groups is 1. The number of carbonyl (C=O) groups excluding carboxylic acids is 2. The Balaban J connectivity index is 1.52. The maximum atomic E-state index is 14.9. The molecule has 0 saturated heterocycles. The predicted molar refractivity (Wildman–Crippen MR) is 133 cm³/mol. The number of aliphatic hydroxyl groups excluding tert-OH is 1. The lowest BCUT2D eigenvalue weighted by molar-refractivity contribution is -0.119. The van der Waals surface area contributed by atoms with Crippen molar-refractivity contribution >= 4 is 44.9 Å². The Morgan fingerprint density at radius 3 is 2.39 bits per heavy atom. The van der Waals surface area contributed by atoms with E-state index in [0.717, 1.165) is 6.07 Å². The van der Waals surface area contributed by atoms with Gasteiger partial charge in [-0.3, -0.25) is 4.79 Å². The second-order valence-corrected chi connectivity index (χ2v) is 10.3. The summed E-state index contributed by atoms with van der Waals surface area (Å²) >= 11 is 5.83. The van der Waals surface area contributed by atoms with E-state index in [2.05, 4.69) is 16.0 Å². The molecule has 0 heterocycles. The van der Waals surface area contributed by atoms with E-state index in [9.17, 15) is 27.5 Å². The van der Waals surface area contributed by atoms with Gasteiger partial charge in [0.05, 0.1) is 10.6 Å². The Labute approximate surface area is 211 Å². The highest BCUT2D eigenvalue weighted by molar-refractivity contribution is 7.89. The molecule has 0 aromatic heterocycles. The molecule has 0 spiro atoms. The third-order valence-electron chi connectivity index (χ3n) is 5.89. The van der Waals surface area contributed by atoms with Gasteiger partial charge < -0.3 is 21.1 Å². The third kappa shape index (κ3) is 5.34. The molecule has 36 heavy (non-hydrogen) atoms. The Hall–Kier alpha value is -3.51. The molecule has 4 rings (SSSR count). The van der Waals surface area contributed by atoms with Crippen LogP contribution in [0.5, 0.6) is 0 Å². The van der Waals surface area contributed by atoms with Crippen LogP contribution in [0, 0.1) is 11.7 Å². The van der Waals surface area contributed by atoms with Gasteiger partial charge in [0.25, 0.3) is 5.91 Å². The molecule has 12 heteroatoms. The van der Waals surface area contributed by atoms with Crippen molar-refractivity contribution in [3.63, 3.8) is 0 Å². The molecule has 0 aliphatic heterocycles. The van der Waals surface area contributed by atoms with Crippen LogP contribution in [0.1, 0.15) is 6.42 Å². The summed E-state index contributed by atoms with van der Waals surface area (Å²) in [5.74, 6) is -2.09. The molecule has 3 aromatic rings. The van der Waals surface area contributed by atoms with Gasteiger partial charge in [0.1, 0.15) is 11.4 Å². The lowest BCUT2D eigenvalue weighted by atomic mass is 10.0. The zero-order valence-electron chi connectivity index (χ0n) is 18.7. The number of nitrogens with two attached hydrogens (primary N) is 1. The molecule has 0 bridgehead atoms. The number of rotatable bonds is 7. The van der Waals surface area contributed by atoms with Gasteiger partial charge in [0.15, 0.2) is 0 Å². The van der Waals surface area contributed by atoms with Crippen molar-refractivity contribution in [1.29, 1.82) is 0 Å². The first-order valence-corrected chi connectivity index (χ1v) is 12.6. The second kappa shape index (κ2) is 9.86. The minimum absolute atomic E-state index is 0.158. The summed E-state index contributed by atoms with van der Waals surface area (Å²) in [6.45, 7) is -0.361. The van der Waals surface area contributed by atoms with Gasteiger partial charge in [0.2, 0.25) is 10.0 Å². The summed E-state index contributed by atoms with van der Waals surface area (Å²) < 4.78 is 38.7. The van der Waals surface area contributed by atoms with Crippen molar-refractivity contribution in [1.82, 2.24) is 5.32 Å². The highest BCUT2D eigenvalue weighted by atomic mass is 35.5. The highest BCUT2D eigenvalue weighted by Crippen LogP contribution is 2.44. The van der Waals surface area contributed by atoms with Gasteiger partial charge >= 0.3 is 6.03 Å². The number of nitrogens with one attached hydrogen (secondary N) is 3. The van der Waals surface area contributed by atoms with Crippen LogP contribution in [-0.2, 0) is 14.8 Å². The molecule has 1 aliphatic rings. The molecule has 188 valence electrons. The van der Waals surface area contributed by atoms with E-state index in [1.54, 1.807) is 30.3 Å². The van der Waals surface area contributed by atoms with Crippen molar-refractivity contribution in [2.45, 2.75) is 16.9 Å². The maximum absolute atomic E-state index is 14.9. The zero-order valence-corrected chi connectivity index (χ0v) is 20.2. The first kappa shape index (κ1) is 25.6. The standard InChI is InChI=1S/C24H22ClFN4O5S/c25-16-6-8-17(9-7-16)28-23(33)30-24(12-15(24)13-31)22(32)29-20-10-5-14(11-19(20)26)18-3-1-2-4-21(18)36(27,34)35/h1-11,15,31H,12-13H2,(H,29,32)(H2,27,34,35)(H2,28,30,33). The predicted octanol–water partition coefficient (Wildman–Crippen LogP) is 3.30. The van der Waals surface area contributed by atoms with Crippen LogP contribution in [0.15, 0.2) is 71.6 Å². The third-order valence-corrected chi connectivity index (χ3v) is 7.11. The Morgan fingerprint density at radius 2 is 1.78 bits per heavy atom. The lowest BCUT2D eigenvalue weighted by Crippen LogP contribution is -2.49. The molecule has 6 N–H and O–H groups in total. The topological polar surface area (TPSA) is 151 Å². The molecule has 1 fully saturated rings. The summed E-state index contributed by atoms with van der Waals surface area (Å²) in [6.07, 6.45) is 0.158. The summed E-state index contributed by atoms with van der Waals surface area (Å²) in [6, 6.07) is 15.3. The minimum atomic E-state index is -4.05. The smallest absolute Gasteiger partial charge is 0.320 e. The maximum Gasteiger partial charge on any atom is 0.320 e. The zero-order chi connectivity index (χ0) is 26.1. The van der Waals surface area contributed by atoms with Crippen LogP contribution in [0.25, 0.3) is 11.1 Å². The van der Waals surface area contributed by atoms with Crippen molar-refractivity contribution < 1.29 is 27.5 Å². The highest BCUT2D eigenvalue weighted by Gasteiger charge is 2.61. The van der Waals surface area contributed by atoms with Crippen molar-refractivity contribution in [2.75, 3.05) is 17.2 Å². The quantitative estimate of drug-likeness (QED) is 0.316. The monoisotopic (exact) mass is 532 g/mol. The number of hydrogen-bond donors (Lipinski definition) is 5. The van der Waals surface area contributed by atoms with Gasteiger partial charge in [-0.15, -0.1) is 0 Å². The van der Waals surface area contributed by atoms with Crippen LogP contribution in [-0.4, -0.2) is 37.6 Å². The number of primary sulfonamides is 1. The molecule has 1 aliphatic carbocycles. The fourth-order valence-electron chi connectivity index (χ4n) is 3.91. The van der Waals surface area contributed by atoms with Crippen LogP contribution < -0.4 is 21.1 Å². The molecular weight excluding hydrogens is 511 g/mol. The summed E-state index contributed by atoms with van der Waals surface area (Å²) in [5.41, 5.74) is -0.729. The summed E-state index contributed by atoms with van der Waals surface area (Å²) in [4.78, 5) is 25.4. The summed E-state index contributed by atoms with van der Waals surface area (Å²) in [5, 5.41) is 22.9. The van der Waals surface area contributed by atoms with Crippen LogP contribution in [0.3, 0.4) is 0 Å². The van der Waals surface area contributed by atoms with Gasteiger partial charge in [0, 0.05) is 28.8 Å². The normalized spacial score (nSPS) is 18.8. The molecule has 1 saturated carbocycles. The number of sulfonamides is 1. The van der Waals surface area contributed by atoms with Crippen molar-refractivity contribution in [3.8, 4) is 11.1 Å². The number of benzene rings is 3. The number of halogens is 2. The fraction of sp³-hybridized carbons (Fsp3) is 0.167. The number of hydrogen-bond acceptors (Lipinski definition) is 5. The number of urea groups is 1. The number of anilines is 2. The minimum Gasteiger partial charge on any atom is -0.396 e. The largest absolute Gasteiger partial charge is 0.396 e. The van der Waals surface area contributed by atoms with E-state index in [-0.39, 0.29) is 34.7 Å². The molecular formula is C24H22ClFN4O5S.